The molecule has 4 nitrogen and oxygen atoms in total. The molecular formula is C15H15N3OS. The van der Waals surface area contributed by atoms with Gasteiger partial charge >= 0.3 is 0 Å². The number of amides is 1. The summed E-state index contributed by atoms with van der Waals surface area (Å²) < 4.78 is 0. The number of carbonyl (C=O) groups excluding carboxylic acids is 1. The van der Waals surface area contributed by atoms with Gasteiger partial charge < -0.3 is 11.1 Å². The first-order chi connectivity index (χ1) is 9.58. The molecule has 0 spiro atoms. The zero-order valence-electron chi connectivity index (χ0n) is 11.4. The molecule has 3 N–H and O–H groups in total. The fourth-order valence-corrected chi connectivity index (χ4v) is 3.40. The number of carbonyl (C=O) groups is 1. The molecule has 3 rings (SSSR count). The van der Waals surface area contributed by atoms with Crippen LogP contribution in [0.5, 0.6) is 0 Å². The number of nitrogens with zero attached hydrogens (tertiary/aromatic N) is 1. The van der Waals surface area contributed by atoms with Crippen LogP contribution in [0.1, 0.15) is 27.8 Å². The molecule has 1 aliphatic heterocycles. The first kappa shape index (κ1) is 12.9. The fraction of sp³-hybridized carbons (Fsp3) is 0.200. The summed E-state index contributed by atoms with van der Waals surface area (Å²) in [6.07, 6.45) is 4.47. The van der Waals surface area contributed by atoms with Crippen LogP contribution in [0.2, 0.25) is 0 Å². The molecule has 3 heterocycles. The van der Waals surface area contributed by atoms with E-state index >= 15 is 0 Å². The van der Waals surface area contributed by atoms with Crippen LogP contribution in [0.25, 0.3) is 11.6 Å². The van der Waals surface area contributed by atoms with E-state index in [1.807, 2.05) is 6.08 Å². The van der Waals surface area contributed by atoms with E-state index in [1.165, 1.54) is 10.4 Å². The Morgan fingerprint density at radius 1 is 1.45 bits per heavy atom. The average molecular weight is 285 g/mol. The first-order valence-corrected chi connectivity index (χ1v) is 7.28. The second kappa shape index (κ2) is 4.76. The van der Waals surface area contributed by atoms with Crippen LogP contribution in [0.15, 0.2) is 18.3 Å². The van der Waals surface area contributed by atoms with Gasteiger partial charge in [-0.25, -0.2) is 4.98 Å². The molecule has 0 fully saturated rings. The topological polar surface area (TPSA) is 68.0 Å². The van der Waals surface area contributed by atoms with E-state index in [0.717, 1.165) is 16.9 Å². The van der Waals surface area contributed by atoms with Gasteiger partial charge in [0.05, 0.1) is 17.5 Å². The van der Waals surface area contributed by atoms with Crippen LogP contribution >= 0.6 is 11.3 Å². The molecule has 2 aromatic rings. The largest absolute Gasteiger partial charge is 0.397 e. The summed E-state index contributed by atoms with van der Waals surface area (Å²) >= 11 is 1.72. The zero-order valence-corrected chi connectivity index (χ0v) is 12.2. The lowest BCUT2D eigenvalue weighted by atomic mass is 10.1. The Balaban J connectivity index is 2.07. The molecule has 0 radical (unpaired) electrons. The SMILES string of the molecule is CCc1sc(C=C2C(=O)Nc3ncc(N)cc32)cc1C. The summed E-state index contributed by atoms with van der Waals surface area (Å²) in [6, 6.07) is 3.90. The van der Waals surface area contributed by atoms with Crippen molar-refractivity contribution in [2.45, 2.75) is 20.3 Å². The van der Waals surface area contributed by atoms with E-state index in [-0.39, 0.29) is 5.91 Å². The molecule has 0 atom stereocenters. The minimum Gasteiger partial charge on any atom is -0.397 e. The number of rotatable bonds is 2. The van der Waals surface area contributed by atoms with Gasteiger partial charge in [-0.15, -0.1) is 11.3 Å². The quantitative estimate of drug-likeness (QED) is 0.833. The van der Waals surface area contributed by atoms with Crippen LogP contribution < -0.4 is 11.1 Å². The van der Waals surface area contributed by atoms with Crippen molar-refractivity contribution in [3.8, 4) is 0 Å². The van der Waals surface area contributed by atoms with E-state index in [9.17, 15) is 4.79 Å². The average Bonchev–Trinajstić information content (AvgIpc) is 2.91. The standard InChI is InChI=1S/C15H15N3OS/c1-3-13-8(2)4-10(20-13)6-12-11-5-9(16)7-17-14(11)18-15(12)19/h4-7H,3,16H2,1-2H3,(H,17,18,19). The highest BCUT2D eigenvalue weighted by Gasteiger charge is 2.25. The zero-order chi connectivity index (χ0) is 14.3. The van der Waals surface area contributed by atoms with Crippen molar-refractivity contribution in [1.82, 2.24) is 4.98 Å². The predicted octanol–water partition coefficient (Wildman–Crippen LogP) is 3.09. The number of aromatic nitrogens is 1. The van der Waals surface area contributed by atoms with E-state index in [1.54, 1.807) is 23.6 Å². The first-order valence-electron chi connectivity index (χ1n) is 6.46. The third-order valence-corrected chi connectivity index (χ3v) is 4.65. The summed E-state index contributed by atoms with van der Waals surface area (Å²) in [7, 11) is 0. The van der Waals surface area contributed by atoms with Crippen LogP contribution in [0, 0.1) is 6.92 Å². The molecule has 1 amide bonds. The Morgan fingerprint density at radius 2 is 2.25 bits per heavy atom. The Hall–Kier alpha value is -2.14. The van der Waals surface area contributed by atoms with E-state index in [4.69, 9.17) is 5.73 Å². The molecule has 2 aromatic heterocycles. The minimum atomic E-state index is -0.123. The second-order valence-electron chi connectivity index (χ2n) is 4.79. The molecule has 0 bridgehead atoms. The Kier molecular flexibility index (Phi) is 3.06. The lowest BCUT2D eigenvalue weighted by Gasteiger charge is -1.98. The molecule has 0 aliphatic carbocycles. The van der Waals surface area contributed by atoms with Crippen molar-refractivity contribution < 1.29 is 4.79 Å². The van der Waals surface area contributed by atoms with Crippen LogP contribution in [0.3, 0.4) is 0 Å². The number of nitrogens with two attached hydrogens (primary N) is 1. The number of aryl methyl sites for hydroxylation is 2. The van der Waals surface area contributed by atoms with Gasteiger partial charge in [-0.3, -0.25) is 4.79 Å². The van der Waals surface area contributed by atoms with Gasteiger partial charge in [0.1, 0.15) is 5.82 Å². The molecule has 0 saturated carbocycles. The van der Waals surface area contributed by atoms with E-state index in [0.29, 0.717) is 17.1 Å². The van der Waals surface area contributed by atoms with Crippen molar-refractivity contribution in [1.29, 1.82) is 0 Å². The summed E-state index contributed by atoms with van der Waals surface area (Å²) in [6.45, 7) is 4.23. The Bertz CT molecular complexity index is 731. The number of nitrogen functional groups attached to an aromatic ring is 1. The highest BCUT2D eigenvalue weighted by Crippen LogP contribution is 2.34. The summed E-state index contributed by atoms with van der Waals surface area (Å²) in [5.41, 5.74) is 8.99. The van der Waals surface area contributed by atoms with Crippen molar-refractivity contribution in [3.63, 3.8) is 0 Å². The van der Waals surface area contributed by atoms with E-state index in [2.05, 4.69) is 30.2 Å². The second-order valence-corrected chi connectivity index (χ2v) is 5.95. The summed E-state index contributed by atoms with van der Waals surface area (Å²) in [4.78, 5) is 18.6. The minimum absolute atomic E-state index is 0.123. The number of anilines is 2. The van der Waals surface area contributed by atoms with Crippen molar-refractivity contribution in [3.05, 3.63) is 39.2 Å². The molecular weight excluding hydrogens is 270 g/mol. The lowest BCUT2D eigenvalue weighted by molar-refractivity contribution is -0.110. The highest BCUT2D eigenvalue weighted by atomic mass is 32.1. The smallest absolute Gasteiger partial charge is 0.257 e. The number of hydrogen-bond acceptors (Lipinski definition) is 4. The van der Waals surface area contributed by atoms with Crippen molar-refractivity contribution in [2.24, 2.45) is 0 Å². The number of nitrogens with one attached hydrogen (secondary N) is 1. The lowest BCUT2D eigenvalue weighted by Crippen LogP contribution is -2.04. The van der Waals surface area contributed by atoms with Crippen LogP contribution in [0.4, 0.5) is 11.5 Å². The molecule has 0 saturated heterocycles. The maximum absolute atomic E-state index is 12.1. The monoisotopic (exact) mass is 285 g/mol. The number of hydrogen-bond donors (Lipinski definition) is 2. The normalized spacial score (nSPS) is 15.5. The van der Waals surface area contributed by atoms with Crippen LogP contribution in [-0.4, -0.2) is 10.9 Å². The van der Waals surface area contributed by atoms with E-state index < -0.39 is 0 Å². The van der Waals surface area contributed by atoms with Gasteiger partial charge in [-0.05, 0) is 37.1 Å². The van der Waals surface area contributed by atoms with Gasteiger partial charge in [-0.1, -0.05) is 6.92 Å². The third-order valence-electron chi connectivity index (χ3n) is 3.32. The molecule has 20 heavy (non-hydrogen) atoms. The molecule has 0 aromatic carbocycles. The summed E-state index contributed by atoms with van der Waals surface area (Å²) in [5, 5.41) is 2.76. The Morgan fingerprint density at radius 3 is 2.95 bits per heavy atom. The van der Waals surface area contributed by atoms with Crippen molar-refractivity contribution in [2.75, 3.05) is 11.1 Å². The fourth-order valence-electron chi connectivity index (χ4n) is 2.34. The number of fused-ring (bicyclic) bond motifs is 1. The van der Waals surface area contributed by atoms with Gasteiger partial charge in [0, 0.05) is 15.3 Å². The molecule has 1 aliphatic rings. The maximum atomic E-state index is 12.1. The van der Waals surface area contributed by atoms with Gasteiger partial charge in [-0.2, -0.15) is 0 Å². The predicted molar refractivity (Wildman–Crippen MR) is 83.6 cm³/mol. The Labute approximate surface area is 121 Å². The van der Waals surface area contributed by atoms with Gasteiger partial charge in [0.15, 0.2) is 0 Å². The molecule has 102 valence electrons. The summed E-state index contributed by atoms with van der Waals surface area (Å²) in [5.74, 6) is 0.460. The van der Waals surface area contributed by atoms with Gasteiger partial charge in [0.2, 0.25) is 0 Å². The highest BCUT2D eigenvalue weighted by molar-refractivity contribution is 7.13. The maximum Gasteiger partial charge on any atom is 0.257 e. The molecule has 0 unspecified atom stereocenters. The van der Waals surface area contributed by atoms with Crippen molar-refractivity contribution >= 4 is 40.4 Å². The number of pyridine rings is 1. The molecule has 5 heteroatoms. The third kappa shape index (κ3) is 2.10. The number of thiophene rings is 1. The van der Waals surface area contributed by atoms with Gasteiger partial charge in [0.25, 0.3) is 5.91 Å². The van der Waals surface area contributed by atoms with Crippen LogP contribution in [-0.2, 0) is 11.2 Å².